The smallest absolute Gasteiger partial charge is 0.193 e. The molecule has 1 fully saturated rings. The summed E-state index contributed by atoms with van der Waals surface area (Å²) in [6, 6.07) is 8.06. The highest BCUT2D eigenvalue weighted by molar-refractivity contribution is 5.79. The average molecular weight is 348 g/mol. The van der Waals surface area contributed by atoms with Crippen LogP contribution in [0.2, 0.25) is 0 Å². The number of ether oxygens (including phenoxy) is 1. The first-order valence-corrected chi connectivity index (χ1v) is 9.29. The van der Waals surface area contributed by atoms with Gasteiger partial charge in [-0.2, -0.15) is 0 Å². The maximum absolute atomic E-state index is 10.4. The van der Waals surface area contributed by atoms with E-state index in [1.165, 1.54) is 6.42 Å². The molecule has 0 spiro atoms. The van der Waals surface area contributed by atoms with E-state index in [1.54, 1.807) is 7.11 Å². The van der Waals surface area contributed by atoms with E-state index < -0.39 is 0 Å². The highest BCUT2D eigenvalue weighted by Gasteiger charge is 2.35. The van der Waals surface area contributed by atoms with Crippen LogP contribution in [0.3, 0.4) is 0 Å². The molecule has 1 saturated carbocycles. The van der Waals surface area contributed by atoms with Crippen LogP contribution >= 0.6 is 0 Å². The quantitative estimate of drug-likeness (QED) is 0.613. The van der Waals surface area contributed by atoms with E-state index in [-0.39, 0.29) is 11.5 Å². The third kappa shape index (κ3) is 5.11. The highest BCUT2D eigenvalue weighted by Crippen LogP contribution is 2.36. The molecule has 0 saturated heterocycles. The molecule has 1 aliphatic carbocycles. The number of guanidine groups is 1. The van der Waals surface area contributed by atoms with Gasteiger partial charge in [0.05, 0.1) is 19.8 Å². The van der Waals surface area contributed by atoms with Gasteiger partial charge in [-0.3, -0.25) is 4.99 Å². The zero-order valence-corrected chi connectivity index (χ0v) is 16.1. The van der Waals surface area contributed by atoms with Crippen molar-refractivity contribution in [3.63, 3.8) is 0 Å². The third-order valence-electron chi connectivity index (χ3n) is 5.17. The number of rotatable bonds is 6. The molecule has 0 amide bonds. The van der Waals surface area contributed by atoms with Crippen LogP contribution in [0.4, 0.5) is 0 Å². The van der Waals surface area contributed by atoms with Gasteiger partial charge in [0.15, 0.2) is 5.96 Å². The van der Waals surface area contributed by atoms with Crippen LogP contribution in [-0.2, 0) is 6.54 Å². The van der Waals surface area contributed by atoms with Crippen molar-refractivity contribution in [2.24, 2.45) is 10.4 Å². The molecule has 5 nitrogen and oxygen atoms in total. The largest absolute Gasteiger partial charge is 0.496 e. The molecule has 0 aliphatic heterocycles. The number of aliphatic imine (C=N–C) groups is 1. The number of aliphatic hydroxyl groups excluding tert-OH is 1. The summed E-state index contributed by atoms with van der Waals surface area (Å²) in [5.41, 5.74) is 1.01. The molecule has 5 heteroatoms. The lowest BCUT2D eigenvalue weighted by Gasteiger charge is -2.37. The fourth-order valence-corrected chi connectivity index (χ4v) is 3.46. The van der Waals surface area contributed by atoms with Crippen LogP contribution in [0.25, 0.3) is 0 Å². The summed E-state index contributed by atoms with van der Waals surface area (Å²) in [4.78, 5) is 6.95. The lowest BCUT2D eigenvalue weighted by molar-refractivity contribution is 0.00705. The number of nitrogens with zero attached hydrogens (tertiary/aromatic N) is 2. The van der Waals surface area contributed by atoms with Crippen LogP contribution in [0.5, 0.6) is 5.75 Å². The van der Waals surface area contributed by atoms with E-state index in [0.29, 0.717) is 6.54 Å². The first kappa shape index (κ1) is 19.6. The van der Waals surface area contributed by atoms with E-state index in [1.807, 2.05) is 25.2 Å². The predicted octanol–water partition coefficient (Wildman–Crippen LogP) is 3.03. The summed E-state index contributed by atoms with van der Waals surface area (Å²) in [6.45, 7) is 6.41. The minimum Gasteiger partial charge on any atom is -0.496 e. The number of aliphatic hydroxyl groups is 1. The Hall–Kier alpha value is -1.75. The Morgan fingerprint density at radius 2 is 2.16 bits per heavy atom. The van der Waals surface area contributed by atoms with Crippen molar-refractivity contribution in [3.8, 4) is 5.75 Å². The van der Waals surface area contributed by atoms with Crippen molar-refractivity contribution in [1.82, 2.24) is 10.2 Å². The second kappa shape index (κ2) is 9.09. The van der Waals surface area contributed by atoms with Crippen LogP contribution in [0.1, 0.15) is 45.1 Å². The van der Waals surface area contributed by atoms with E-state index in [0.717, 1.165) is 49.6 Å². The first-order chi connectivity index (χ1) is 12.0. The van der Waals surface area contributed by atoms with Gasteiger partial charge < -0.3 is 20.1 Å². The summed E-state index contributed by atoms with van der Waals surface area (Å²) in [5, 5.41) is 13.8. The van der Waals surface area contributed by atoms with Gasteiger partial charge in [-0.15, -0.1) is 0 Å². The third-order valence-corrected chi connectivity index (χ3v) is 5.17. The molecule has 2 rings (SSSR count). The Labute approximate surface area is 152 Å². The molecular formula is C20H33N3O2. The van der Waals surface area contributed by atoms with Gasteiger partial charge in [-0.05, 0) is 25.8 Å². The Balaban J connectivity index is 2.10. The second-order valence-corrected chi connectivity index (χ2v) is 7.25. The summed E-state index contributed by atoms with van der Waals surface area (Å²) in [6.07, 6.45) is 3.96. The number of benzene rings is 1. The van der Waals surface area contributed by atoms with Crippen LogP contribution in [0.15, 0.2) is 29.3 Å². The predicted molar refractivity (Wildman–Crippen MR) is 103 cm³/mol. The summed E-state index contributed by atoms with van der Waals surface area (Å²) in [7, 11) is 3.73. The Bertz CT molecular complexity index is 576. The topological polar surface area (TPSA) is 57.1 Å². The van der Waals surface area contributed by atoms with Crippen molar-refractivity contribution in [3.05, 3.63) is 29.8 Å². The van der Waals surface area contributed by atoms with Crippen molar-refractivity contribution < 1.29 is 9.84 Å². The number of methoxy groups -OCH3 is 1. The number of nitrogens with one attached hydrogen (secondary N) is 1. The molecule has 0 heterocycles. The summed E-state index contributed by atoms with van der Waals surface area (Å²) >= 11 is 0. The maximum atomic E-state index is 10.4. The van der Waals surface area contributed by atoms with Gasteiger partial charge in [-0.25, -0.2) is 0 Å². The molecule has 2 atom stereocenters. The normalized spacial score (nSPS) is 24.0. The van der Waals surface area contributed by atoms with Crippen LogP contribution in [-0.4, -0.2) is 49.3 Å². The van der Waals surface area contributed by atoms with Gasteiger partial charge in [0.2, 0.25) is 0 Å². The van der Waals surface area contributed by atoms with E-state index in [2.05, 4.69) is 30.1 Å². The zero-order valence-electron chi connectivity index (χ0n) is 16.1. The fourth-order valence-electron chi connectivity index (χ4n) is 3.46. The van der Waals surface area contributed by atoms with E-state index in [4.69, 9.17) is 9.73 Å². The fraction of sp³-hybridized carbons (Fsp3) is 0.650. The van der Waals surface area contributed by atoms with Crippen molar-refractivity contribution in [2.45, 2.75) is 52.2 Å². The average Bonchev–Trinajstić information content (AvgIpc) is 2.61. The lowest BCUT2D eigenvalue weighted by Crippen LogP contribution is -2.42. The van der Waals surface area contributed by atoms with Crippen molar-refractivity contribution in [2.75, 3.05) is 27.2 Å². The Morgan fingerprint density at radius 1 is 1.40 bits per heavy atom. The van der Waals surface area contributed by atoms with Gasteiger partial charge >= 0.3 is 0 Å². The molecule has 1 aromatic carbocycles. The van der Waals surface area contributed by atoms with Gasteiger partial charge in [-0.1, -0.05) is 38.0 Å². The van der Waals surface area contributed by atoms with Crippen molar-refractivity contribution in [1.29, 1.82) is 0 Å². The molecule has 0 bridgehead atoms. The van der Waals surface area contributed by atoms with Gasteiger partial charge in [0.25, 0.3) is 0 Å². The minimum atomic E-state index is -0.257. The highest BCUT2D eigenvalue weighted by atomic mass is 16.5. The van der Waals surface area contributed by atoms with Crippen LogP contribution < -0.4 is 10.1 Å². The van der Waals surface area contributed by atoms with Gasteiger partial charge in [0, 0.05) is 31.1 Å². The number of hydrogen-bond donors (Lipinski definition) is 2. The number of para-hydroxylation sites is 1. The molecule has 1 aromatic rings. The SMILES string of the molecule is CCNC(=NCC1(C)CCCCC1O)N(C)Cc1ccccc1OC. The number of hydrogen-bond acceptors (Lipinski definition) is 3. The standard InChI is InChI=1S/C20H33N3O2/c1-5-21-19(22-15-20(2)13-9-8-12-18(20)24)23(3)14-16-10-6-7-11-17(16)25-4/h6-7,10-11,18,24H,5,8-9,12-15H2,1-4H3,(H,21,22). The monoisotopic (exact) mass is 347 g/mol. The minimum absolute atomic E-state index is 0.121. The molecule has 140 valence electrons. The molecule has 2 N–H and O–H groups in total. The van der Waals surface area contributed by atoms with E-state index in [9.17, 15) is 5.11 Å². The molecule has 25 heavy (non-hydrogen) atoms. The first-order valence-electron chi connectivity index (χ1n) is 9.29. The Morgan fingerprint density at radius 3 is 2.84 bits per heavy atom. The zero-order chi connectivity index (χ0) is 18.3. The van der Waals surface area contributed by atoms with Crippen molar-refractivity contribution >= 4 is 5.96 Å². The summed E-state index contributed by atoms with van der Waals surface area (Å²) in [5.74, 6) is 1.76. The maximum Gasteiger partial charge on any atom is 0.193 e. The molecule has 1 aliphatic rings. The molecule has 0 radical (unpaired) electrons. The van der Waals surface area contributed by atoms with Gasteiger partial charge in [0.1, 0.15) is 5.75 Å². The van der Waals surface area contributed by atoms with E-state index >= 15 is 0 Å². The lowest BCUT2D eigenvalue weighted by atomic mass is 9.73. The van der Waals surface area contributed by atoms with Crippen LogP contribution in [0, 0.1) is 5.41 Å². The second-order valence-electron chi connectivity index (χ2n) is 7.25. The summed E-state index contributed by atoms with van der Waals surface area (Å²) < 4.78 is 5.45. The molecule has 0 aromatic heterocycles. The molecular weight excluding hydrogens is 314 g/mol. The Kier molecular flexibility index (Phi) is 7.12. The molecule has 2 unspecified atom stereocenters.